The molecule has 0 saturated carbocycles. The lowest BCUT2D eigenvalue weighted by Crippen LogP contribution is -2.49. The number of amidine groups is 1. The minimum absolute atomic E-state index is 0.0165. The molecule has 1 saturated heterocycles. The molecule has 1 aliphatic rings. The average Bonchev–Trinajstić information content (AvgIpc) is 2.68. The first-order valence-corrected chi connectivity index (χ1v) is 9.41. The molecule has 6 nitrogen and oxygen atoms in total. The van der Waals surface area contributed by atoms with Crippen molar-refractivity contribution in [3.63, 3.8) is 0 Å². The van der Waals surface area contributed by atoms with Gasteiger partial charge in [0.25, 0.3) is 5.91 Å². The normalized spacial score (nSPS) is 17.5. The van der Waals surface area contributed by atoms with Crippen molar-refractivity contribution in [1.82, 2.24) is 10.2 Å². The van der Waals surface area contributed by atoms with E-state index in [1.165, 1.54) is 0 Å². The van der Waals surface area contributed by atoms with Crippen molar-refractivity contribution in [2.24, 2.45) is 9.98 Å². The summed E-state index contributed by atoms with van der Waals surface area (Å²) in [5.41, 5.74) is 1.37. The standard InChI is InChI=1S/C19H24Cl2N4O2/c1-13(11-23-14(2)22-3)17(25-7-9-27-10-8-25)12-24-19(26)15-5-4-6-16(20)18(15)21/h4-6,11,17H,3,7-10,12H2,1-2H3,(H,24,26)/b13-11+,23-14-. The number of nitrogens with zero attached hydrogens (tertiary/aromatic N) is 3. The van der Waals surface area contributed by atoms with Crippen molar-refractivity contribution in [3.8, 4) is 0 Å². The van der Waals surface area contributed by atoms with Crippen molar-refractivity contribution >= 4 is 41.7 Å². The van der Waals surface area contributed by atoms with E-state index < -0.39 is 0 Å². The molecule has 0 aliphatic carbocycles. The zero-order chi connectivity index (χ0) is 19.8. The van der Waals surface area contributed by atoms with Gasteiger partial charge in [-0.15, -0.1) is 0 Å². The minimum atomic E-state index is -0.263. The second-order valence-corrected chi connectivity index (χ2v) is 6.97. The number of halogens is 2. The number of benzene rings is 1. The Bertz CT molecular complexity index is 743. The highest BCUT2D eigenvalue weighted by molar-refractivity contribution is 6.43. The molecule has 1 aliphatic heterocycles. The SMILES string of the molecule is C=N/C(C)=N\C=C(/C)C(CNC(=O)c1cccc(Cl)c1Cl)N1CCOCC1. The van der Waals surface area contributed by atoms with E-state index in [1.807, 2.05) is 6.92 Å². The fourth-order valence-electron chi connectivity index (χ4n) is 2.75. The molecule has 0 spiro atoms. The molecule has 1 N–H and O–H groups in total. The molecule has 0 bridgehead atoms. The van der Waals surface area contributed by atoms with Crippen molar-refractivity contribution in [2.75, 3.05) is 32.8 Å². The molecule has 1 heterocycles. The highest BCUT2D eigenvalue weighted by Gasteiger charge is 2.23. The molecule has 27 heavy (non-hydrogen) atoms. The Balaban J connectivity index is 2.14. The number of nitrogens with one attached hydrogen (secondary N) is 1. The maximum absolute atomic E-state index is 12.6. The quantitative estimate of drug-likeness (QED) is 0.576. The Morgan fingerprint density at radius 1 is 1.37 bits per heavy atom. The van der Waals surface area contributed by atoms with Gasteiger partial charge in [-0.2, -0.15) is 0 Å². The van der Waals surface area contributed by atoms with E-state index in [0.717, 1.165) is 18.7 Å². The molecule has 0 aromatic heterocycles. The van der Waals surface area contributed by atoms with E-state index in [0.29, 0.717) is 36.2 Å². The van der Waals surface area contributed by atoms with Crippen LogP contribution in [0.3, 0.4) is 0 Å². The molecule has 1 fully saturated rings. The molecule has 1 unspecified atom stereocenters. The molecule has 1 aromatic carbocycles. The monoisotopic (exact) mass is 410 g/mol. The van der Waals surface area contributed by atoms with E-state index in [-0.39, 0.29) is 17.0 Å². The molecular weight excluding hydrogens is 387 g/mol. The molecule has 0 radical (unpaired) electrons. The maximum Gasteiger partial charge on any atom is 0.252 e. The lowest BCUT2D eigenvalue weighted by molar-refractivity contribution is 0.0236. The van der Waals surface area contributed by atoms with E-state index in [4.69, 9.17) is 27.9 Å². The highest BCUT2D eigenvalue weighted by Crippen LogP contribution is 2.25. The third-order valence-corrected chi connectivity index (χ3v) is 5.17. The third kappa shape index (κ3) is 6.14. The van der Waals surface area contributed by atoms with Gasteiger partial charge in [-0.25, -0.2) is 9.98 Å². The van der Waals surface area contributed by atoms with Gasteiger partial charge in [0.05, 0.1) is 28.8 Å². The summed E-state index contributed by atoms with van der Waals surface area (Å²) < 4.78 is 5.44. The first kappa shape index (κ1) is 21.6. The first-order valence-electron chi connectivity index (χ1n) is 8.65. The predicted octanol–water partition coefficient (Wildman–Crippen LogP) is 3.45. The molecule has 1 aromatic rings. The smallest absolute Gasteiger partial charge is 0.252 e. The third-order valence-electron chi connectivity index (χ3n) is 4.35. The van der Waals surface area contributed by atoms with Crippen molar-refractivity contribution in [3.05, 3.63) is 45.6 Å². The van der Waals surface area contributed by atoms with Gasteiger partial charge < -0.3 is 10.1 Å². The zero-order valence-corrected chi connectivity index (χ0v) is 17.1. The summed E-state index contributed by atoms with van der Waals surface area (Å²) in [6.07, 6.45) is 1.77. The van der Waals surface area contributed by atoms with Crippen LogP contribution in [0.5, 0.6) is 0 Å². The van der Waals surface area contributed by atoms with Crippen molar-refractivity contribution in [2.45, 2.75) is 19.9 Å². The highest BCUT2D eigenvalue weighted by atomic mass is 35.5. The summed E-state index contributed by atoms with van der Waals surface area (Å²) >= 11 is 12.2. The summed E-state index contributed by atoms with van der Waals surface area (Å²) in [4.78, 5) is 22.9. The molecule has 1 amide bonds. The number of rotatable bonds is 6. The summed E-state index contributed by atoms with van der Waals surface area (Å²) in [6.45, 7) is 10.5. The van der Waals surface area contributed by atoms with Crippen LogP contribution in [-0.4, -0.2) is 62.3 Å². The van der Waals surface area contributed by atoms with Gasteiger partial charge in [0.2, 0.25) is 0 Å². The van der Waals surface area contributed by atoms with E-state index in [1.54, 1.807) is 31.3 Å². The Morgan fingerprint density at radius 3 is 2.74 bits per heavy atom. The summed E-state index contributed by atoms with van der Waals surface area (Å²) in [5, 5.41) is 3.56. The number of amides is 1. The van der Waals surface area contributed by atoms with Gasteiger partial charge in [-0.3, -0.25) is 9.69 Å². The van der Waals surface area contributed by atoms with Crippen LogP contribution in [0.2, 0.25) is 10.0 Å². The number of carbonyl (C=O) groups excluding carboxylic acids is 1. The van der Waals surface area contributed by atoms with Gasteiger partial charge in [0.15, 0.2) is 0 Å². The summed E-state index contributed by atoms with van der Waals surface area (Å²) in [5.74, 6) is 0.325. The lowest BCUT2D eigenvalue weighted by Gasteiger charge is -2.35. The number of hydrogen-bond donors (Lipinski definition) is 1. The predicted molar refractivity (Wildman–Crippen MR) is 111 cm³/mol. The first-order chi connectivity index (χ1) is 12.9. The second-order valence-electron chi connectivity index (χ2n) is 6.18. The van der Waals surface area contributed by atoms with E-state index >= 15 is 0 Å². The topological polar surface area (TPSA) is 66.3 Å². The van der Waals surface area contributed by atoms with Crippen molar-refractivity contribution in [1.29, 1.82) is 0 Å². The van der Waals surface area contributed by atoms with Crippen LogP contribution in [0.1, 0.15) is 24.2 Å². The van der Waals surface area contributed by atoms with Crippen molar-refractivity contribution < 1.29 is 9.53 Å². The lowest BCUT2D eigenvalue weighted by atomic mass is 10.1. The Hall–Kier alpha value is -1.73. The number of morpholine rings is 1. The van der Waals surface area contributed by atoms with Gasteiger partial charge in [-0.05, 0) is 38.3 Å². The Morgan fingerprint density at radius 2 is 2.07 bits per heavy atom. The van der Waals surface area contributed by atoms with Crippen LogP contribution in [0.4, 0.5) is 0 Å². The van der Waals surface area contributed by atoms with E-state index in [2.05, 4.69) is 26.9 Å². The Labute approximate surface area is 169 Å². The van der Waals surface area contributed by atoms with Crippen LogP contribution >= 0.6 is 23.2 Å². The van der Waals surface area contributed by atoms with Crippen LogP contribution in [0.15, 0.2) is 40.0 Å². The molecule has 1 atom stereocenters. The molecule has 2 rings (SSSR count). The number of carbonyl (C=O) groups is 1. The number of aliphatic imine (C=N–C) groups is 2. The largest absolute Gasteiger partial charge is 0.379 e. The fraction of sp³-hybridized carbons (Fsp3) is 0.421. The fourth-order valence-corrected chi connectivity index (χ4v) is 3.14. The van der Waals surface area contributed by atoms with Crippen LogP contribution in [0.25, 0.3) is 0 Å². The van der Waals surface area contributed by atoms with Gasteiger partial charge in [0.1, 0.15) is 5.84 Å². The van der Waals surface area contributed by atoms with Crippen LogP contribution in [0, 0.1) is 0 Å². The van der Waals surface area contributed by atoms with Gasteiger partial charge in [0, 0.05) is 31.9 Å². The van der Waals surface area contributed by atoms with Crippen LogP contribution in [-0.2, 0) is 4.74 Å². The molecule has 8 heteroatoms. The minimum Gasteiger partial charge on any atom is -0.379 e. The van der Waals surface area contributed by atoms with Crippen LogP contribution < -0.4 is 5.32 Å². The molecular formula is C19H24Cl2N4O2. The Kier molecular flexibility index (Phi) is 8.44. The average molecular weight is 411 g/mol. The summed E-state index contributed by atoms with van der Waals surface area (Å²) in [7, 11) is 0. The maximum atomic E-state index is 12.6. The zero-order valence-electron chi connectivity index (χ0n) is 15.5. The number of hydrogen-bond acceptors (Lipinski definition) is 4. The summed E-state index contributed by atoms with van der Waals surface area (Å²) in [6, 6.07) is 4.99. The van der Waals surface area contributed by atoms with Gasteiger partial charge in [-0.1, -0.05) is 29.3 Å². The number of ether oxygens (including phenoxy) is 1. The van der Waals surface area contributed by atoms with E-state index in [9.17, 15) is 4.79 Å². The molecule has 146 valence electrons. The second kappa shape index (κ2) is 10.6. The van der Waals surface area contributed by atoms with Gasteiger partial charge >= 0.3 is 0 Å².